The van der Waals surface area contributed by atoms with Gasteiger partial charge < -0.3 is 10.1 Å². The summed E-state index contributed by atoms with van der Waals surface area (Å²) in [7, 11) is 0. The van der Waals surface area contributed by atoms with E-state index in [1.54, 1.807) is 6.20 Å². The summed E-state index contributed by atoms with van der Waals surface area (Å²) in [6.07, 6.45) is 1.60. The molecule has 2 aromatic carbocycles. The summed E-state index contributed by atoms with van der Waals surface area (Å²) in [5.74, 6) is 0.769. The van der Waals surface area contributed by atoms with Crippen molar-refractivity contribution in [3.8, 4) is 11.8 Å². The van der Waals surface area contributed by atoms with Crippen LogP contribution in [-0.4, -0.2) is 11.6 Å². The standard InChI is InChI=1S/C20H19N3O/c1-4-24-17-7-8-19-18(10-17)20(15(11-21)12-22-19)23-16-6-5-13(2)14(3)9-16/h5-10,12H,4H2,1-3H3,(H,22,23). The lowest BCUT2D eigenvalue weighted by molar-refractivity contribution is 0.340. The minimum Gasteiger partial charge on any atom is -0.494 e. The molecule has 24 heavy (non-hydrogen) atoms. The lowest BCUT2D eigenvalue weighted by Gasteiger charge is -2.13. The second-order valence-corrected chi connectivity index (χ2v) is 5.69. The largest absolute Gasteiger partial charge is 0.494 e. The van der Waals surface area contributed by atoms with Gasteiger partial charge >= 0.3 is 0 Å². The van der Waals surface area contributed by atoms with Gasteiger partial charge in [-0.05, 0) is 62.2 Å². The van der Waals surface area contributed by atoms with Crippen molar-refractivity contribution in [3.63, 3.8) is 0 Å². The number of nitriles is 1. The summed E-state index contributed by atoms with van der Waals surface area (Å²) < 4.78 is 5.59. The van der Waals surface area contributed by atoms with E-state index in [1.807, 2.05) is 31.2 Å². The molecule has 3 aromatic rings. The third kappa shape index (κ3) is 3.02. The molecule has 0 spiro atoms. The number of hydrogen-bond donors (Lipinski definition) is 1. The number of pyridine rings is 1. The summed E-state index contributed by atoms with van der Waals surface area (Å²) in [5.41, 5.74) is 5.47. The zero-order valence-electron chi connectivity index (χ0n) is 14.1. The van der Waals surface area contributed by atoms with Gasteiger partial charge in [0.05, 0.1) is 23.4 Å². The average molecular weight is 317 g/mol. The van der Waals surface area contributed by atoms with Crippen LogP contribution < -0.4 is 10.1 Å². The van der Waals surface area contributed by atoms with Crippen LogP contribution in [0.3, 0.4) is 0 Å². The van der Waals surface area contributed by atoms with E-state index >= 15 is 0 Å². The van der Waals surface area contributed by atoms with Crippen LogP contribution in [0.2, 0.25) is 0 Å². The maximum absolute atomic E-state index is 9.47. The van der Waals surface area contributed by atoms with Gasteiger partial charge in [-0.25, -0.2) is 0 Å². The number of aryl methyl sites for hydroxylation is 2. The first-order valence-corrected chi connectivity index (χ1v) is 7.92. The van der Waals surface area contributed by atoms with E-state index in [1.165, 1.54) is 11.1 Å². The van der Waals surface area contributed by atoms with Gasteiger partial charge in [-0.3, -0.25) is 4.98 Å². The van der Waals surface area contributed by atoms with Gasteiger partial charge in [0.1, 0.15) is 11.8 Å². The highest BCUT2D eigenvalue weighted by Crippen LogP contribution is 2.31. The monoisotopic (exact) mass is 317 g/mol. The molecule has 1 N–H and O–H groups in total. The average Bonchev–Trinajstić information content (AvgIpc) is 2.59. The third-order valence-electron chi connectivity index (χ3n) is 4.05. The van der Waals surface area contributed by atoms with E-state index in [0.717, 1.165) is 28.0 Å². The molecular formula is C20H19N3O. The number of fused-ring (bicyclic) bond motifs is 1. The third-order valence-corrected chi connectivity index (χ3v) is 4.05. The lowest BCUT2D eigenvalue weighted by Crippen LogP contribution is -1.98. The Kier molecular flexibility index (Phi) is 4.35. The Labute approximate surface area is 141 Å². The van der Waals surface area contributed by atoms with Crippen molar-refractivity contribution in [1.82, 2.24) is 4.98 Å². The number of aromatic nitrogens is 1. The molecule has 3 rings (SSSR count). The van der Waals surface area contributed by atoms with Crippen LogP contribution in [0.1, 0.15) is 23.6 Å². The smallest absolute Gasteiger partial charge is 0.120 e. The number of nitrogens with one attached hydrogen (secondary N) is 1. The van der Waals surface area contributed by atoms with Gasteiger partial charge in [0.15, 0.2) is 0 Å². The second kappa shape index (κ2) is 6.59. The number of rotatable bonds is 4. The minimum absolute atomic E-state index is 0.509. The fraction of sp³-hybridized carbons (Fsp3) is 0.200. The van der Waals surface area contributed by atoms with Crippen molar-refractivity contribution in [3.05, 3.63) is 59.3 Å². The van der Waals surface area contributed by atoms with Crippen LogP contribution in [-0.2, 0) is 0 Å². The second-order valence-electron chi connectivity index (χ2n) is 5.69. The van der Waals surface area contributed by atoms with E-state index in [-0.39, 0.29) is 0 Å². The Morgan fingerprint density at radius 1 is 1.12 bits per heavy atom. The van der Waals surface area contributed by atoms with E-state index in [9.17, 15) is 5.26 Å². The number of anilines is 2. The van der Waals surface area contributed by atoms with Crippen molar-refractivity contribution >= 4 is 22.3 Å². The van der Waals surface area contributed by atoms with E-state index in [4.69, 9.17) is 4.74 Å². The van der Waals surface area contributed by atoms with Crippen molar-refractivity contribution < 1.29 is 4.74 Å². The van der Waals surface area contributed by atoms with Crippen molar-refractivity contribution in [2.24, 2.45) is 0 Å². The predicted octanol–water partition coefficient (Wildman–Crippen LogP) is 4.87. The number of hydrogen-bond acceptors (Lipinski definition) is 4. The van der Waals surface area contributed by atoms with Gasteiger partial charge in [-0.1, -0.05) is 6.07 Å². The lowest BCUT2D eigenvalue weighted by atomic mass is 10.1. The molecule has 4 heteroatoms. The van der Waals surface area contributed by atoms with Crippen molar-refractivity contribution in [2.45, 2.75) is 20.8 Å². The summed E-state index contributed by atoms with van der Waals surface area (Å²) in [5, 5.41) is 13.7. The van der Waals surface area contributed by atoms with Crippen LogP contribution in [0.4, 0.5) is 11.4 Å². The van der Waals surface area contributed by atoms with Crippen molar-refractivity contribution in [1.29, 1.82) is 5.26 Å². The fourth-order valence-corrected chi connectivity index (χ4v) is 2.61. The Bertz CT molecular complexity index is 942. The molecule has 0 saturated carbocycles. The first-order valence-electron chi connectivity index (χ1n) is 7.92. The number of ether oxygens (including phenoxy) is 1. The first-order chi connectivity index (χ1) is 11.6. The van der Waals surface area contributed by atoms with Crippen LogP contribution in [0.25, 0.3) is 10.9 Å². The quantitative estimate of drug-likeness (QED) is 0.746. The zero-order valence-corrected chi connectivity index (χ0v) is 14.1. The van der Waals surface area contributed by atoms with Crippen LogP contribution in [0.5, 0.6) is 5.75 Å². The maximum atomic E-state index is 9.47. The van der Waals surface area contributed by atoms with E-state index in [0.29, 0.717) is 12.2 Å². The molecule has 1 heterocycles. The molecule has 120 valence electrons. The summed E-state index contributed by atoms with van der Waals surface area (Å²) >= 11 is 0. The zero-order chi connectivity index (χ0) is 17.1. The first kappa shape index (κ1) is 15.8. The summed E-state index contributed by atoms with van der Waals surface area (Å²) in [6.45, 7) is 6.69. The summed E-state index contributed by atoms with van der Waals surface area (Å²) in [6, 6.07) is 14.1. The topological polar surface area (TPSA) is 57.9 Å². The molecule has 0 fully saturated rings. The molecule has 0 aliphatic carbocycles. The molecular weight excluding hydrogens is 298 g/mol. The molecule has 0 amide bonds. The van der Waals surface area contributed by atoms with Gasteiger partial charge in [0.25, 0.3) is 0 Å². The van der Waals surface area contributed by atoms with Gasteiger partial charge in [0.2, 0.25) is 0 Å². The van der Waals surface area contributed by atoms with Gasteiger partial charge in [-0.2, -0.15) is 5.26 Å². The normalized spacial score (nSPS) is 10.4. The molecule has 0 atom stereocenters. The molecule has 0 unspecified atom stereocenters. The molecule has 0 aliphatic rings. The van der Waals surface area contributed by atoms with Gasteiger partial charge in [-0.15, -0.1) is 0 Å². The van der Waals surface area contributed by atoms with Crippen LogP contribution in [0.15, 0.2) is 42.6 Å². The number of benzene rings is 2. The Morgan fingerprint density at radius 3 is 2.67 bits per heavy atom. The summed E-state index contributed by atoms with van der Waals surface area (Å²) in [4.78, 5) is 4.37. The molecule has 0 bridgehead atoms. The highest BCUT2D eigenvalue weighted by molar-refractivity contribution is 5.96. The van der Waals surface area contributed by atoms with Crippen LogP contribution in [0, 0.1) is 25.2 Å². The maximum Gasteiger partial charge on any atom is 0.120 e. The Hall–Kier alpha value is -3.06. The Morgan fingerprint density at radius 2 is 1.96 bits per heavy atom. The predicted molar refractivity (Wildman–Crippen MR) is 96.8 cm³/mol. The number of nitrogens with zero attached hydrogens (tertiary/aromatic N) is 2. The molecule has 1 aromatic heterocycles. The van der Waals surface area contributed by atoms with E-state index in [2.05, 4.69) is 42.4 Å². The molecule has 4 nitrogen and oxygen atoms in total. The SMILES string of the molecule is CCOc1ccc2ncc(C#N)c(Nc3ccc(C)c(C)c3)c2c1. The highest BCUT2D eigenvalue weighted by Gasteiger charge is 2.11. The van der Waals surface area contributed by atoms with Crippen molar-refractivity contribution in [2.75, 3.05) is 11.9 Å². The fourth-order valence-electron chi connectivity index (χ4n) is 2.61. The minimum atomic E-state index is 0.509. The molecule has 0 saturated heterocycles. The van der Waals surface area contributed by atoms with Gasteiger partial charge in [0, 0.05) is 17.3 Å². The highest BCUT2D eigenvalue weighted by atomic mass is 16.5. The van der Waals surface area contributed by atoms with Crippen LogP contribution >= 0.6 is 0 Å². The van der Waals surface area contributed by atoms with E-state index < -0.39 is 0 Å². The Balaban J connectivity index is 2.14. The molecule has 0 aliphatic heterocycles. The molecule has 0 radical (unpaired) electrons.